The summed E-state index contributed by atoms with van der Waals surface area (Å²) in [5, 5.41) is 9.60. The third-order valence-electron chi connectivity index (χ3n) is 4.28. The van der Waals surface area contributed by atoms with Crippen molar-refractivity contribution in [1.29, 1.82) is 0 Å². The van der Waals surface area contributed by atoms with Gasteiger partial charge in [0.05, 0.1) is 17.4 Å². The number of hydrogen-bond donors (Lipinski definition) is 1. The molecule has 4 nitrogen and oxygen atoms in total. The average Bonchev–Trinajstić information content (AvgIpc) is 2.91. The number of aliphatic carboxylic acids is 1. The molecule has 1 aromatic carbocycles. The maximum Gasteiger partial charge on any atom is 0.393 e. The van der Waals surface area contributed by atoms with Gasteiger partial charge in [0.2, 0.25) is 0 Å². The maximum absolute atomic E-state index is 13.7. The highest BCUT2D eigenvalue weighted by Crippen LogP contribution is 2.38. The second kappa shape index (κ2) is 6.01. The normalized spacial score (nSPS) is 22.2. The van der Waals surface area contributed by atoms with Crippen LogP contribution in [0.1, 0.15) is 5.56 Å². The summed E-state index contributed by atoms with van der Waals surface area (Å²) < 4.78 is 52.8. The van der Waals surface area contributed by atoms with Crippen molar-refractivity contribution in [2.75, 3.05) is 13.1 Å². The van der Waals surface area contributed by atoms with E-state index in [-0.39, 0.29) is 13.1 Å². The Morgan fingerprint density at radius 1 is 1.33 bits per heavy atom. The molecule has 0 bridgehead atoms. The lowest BCUT2D eigenvalue weighted by Crippen LogP contribution is -2.33. The van der Waals surface area contributed by atoms with Crippen LogP contribution in [0.4, 0.5) is 17.6 Å². The summed E-state index contributed by atoms with van der Waals surface area (Å²) >= 11 is 0. The van der Waals surface area contributed by atoms with Gasteiger partial charge in [-0.05, 0) is 23.8 Å². The number of pyridine rings is 1. The van der Waals surface area contributed by atoms with Crippen molar-refractivity contribution < 1.29 is 27.5 Å². The van der Waals surface area contributed by atoms with Crippen molar-refractivity contribution in [2.45, 2.75) is 12.7 Å². The highest BCUT2D eigenvalue weighted by molar-refractivity contribution is 5.81. The molecule has 0 radical (unpaired) electrons. The zero-order valence-electron chi connectivity index (χ0n) is 12.4. The molecular weight excluding hydrogens is 328 g/mol. The van der Waals surface area contributed by atoms with Crippen molar-refractivity contribution in [3.63, 3.8) is 0 Å². The Morgan fingerprint density at radius 3 is 2.71 bits per heavy atom. The summed E-state index contributed by atoms with van der Waals surface area (Å²) in [4.78, 5) is 16.7. The van der Waals surface area contributed by atoms with Gasteiger partial charge in [0.25, 0.3) is 0 Å². The summed E-state index contributed by atoms with van der Waals surface area (Å²) in [6, 6.07) is 5.83. The van der Waals surface area contributed by atoms with Crippen LogP contribution in [0, 0.1) is 17.7 Å². The van der Waals surface area contributed by atoms with Crippen molar-refractivity contribution in [2.24, 2.45) is 11.8 Å². The number of rotatable bonds is 3. The standard InChI is InChI=1S/C16H14F4N2O2/c17-11-4-9-2-1-3-21-14(9)10(5-11)6-22-7-12(15(23)24)13(8-22)16(18,19)20/h1-5,12-13H,6-8H2,(H,23,24)/t12-,13-/m1/s1. The number of carboxylic acid groups (broad SMARTS) is 1. The van der Waals surface area contributed by atoms with E-state index in [1.165, 1.54) is 23.2 Å². The summed E-state index contributed by atoms with van der Waals surface area (Å²) in [6.07, 6.45) is -3.06. The van der Waals surface area contributed by atoms with Gasteiger partial charge in [0.1, 0.15) is 5.82 Å². The Bertz CT molecular complexity index is 778. The van der Waals surface area contributed by atoms with E-state index in [4.69, 9.17) is 5.11 Å². The van der Waals surface area contributed by atoms with Gasteiger partial charge >= 0.3 is 12.1 Å². The first-order chi connectivity index (χ1) is 11.3. The van der Waals surface area contributed by atoms with Crippen LogP contribution in [0.5, 0.6) is 0 Å². The SMILES string of the molecule is O=C(O)[C@@H]1CN(Cc2cc(F)cc3cccnc23)C[C@H]1C(F)(F)F. The largest absolute Gasteiger partial charge is 0.481 e. The first kappa shape index (κ1) is 16.6. The van der Waals surface area contributed by atoms with E-state index in [0.717, 1.165) is 0 Å². The minimum absolute atomic E-state index is 0.0155. The van der Waals surface area contributed by atoms with Crippen molar-refractivity contribution in [3.8, 4) is 0 Å². The van der Waals surface area contributed by atoms with Gasteiger partial charge in [-0.1, -0.05) is 6.07 Å². The first-order valence-corrected chi connectivity index (χ1v) is 7.30. The molecule has 1 aliphatic rings. The maximum atomic E-state index is 13.7. The molecule has 128 valence electrons. The fraction of sp³-hybridized carbons (Fsp3) is 0.375. The van der Waals surface area contributed by atoms with Gasteiger partial charge in [-0.15, -0.1) is 0 Å². The van der Waals surface area contributed by atoms with E-state index >= 15 is 0 Å². The molecule has 2 atom stereocenters. The molecule has 0 unspecified atom stereocenters. The van der Waals surface area contributed by atoms with Crippen LogP contribution in [0.3, 0.4) is 0 Å². The summed E-state index contributed by atoms with van der Waals surface area (Å²) in [5.41, 5.74) is 0.943. The number of likely N-dealkylation sites (tertiary alicyclic amines) is 1. The molecule has 0 saturated carbocycles. The number of alkyl halides is 3. The smallest absolute Gasteiger partial charge is 0.393 e. The number of benzene rings is 1. The highest BCUT2D eigenvalue weighted by Gasteiger charge is 2.52. The van der Waals surface area contributed by atoms with Crippen LogP contribution in [0.15, 0.2) is 30.5 Å². The minimum atomic E-state index is -4.58. The third kappa shape index (κ3) is 3.19. The second-order valence-electron chi connectivity index (χ2n) is 5.93. The van der Waals surface area contributed by atoms with E-state index in [9.17, 15) is 22.4 Å². The lowest BCUT2D eigenvalue weighted by molar-refractivity contribution is -0.188. The van der Waals surface area contributed by atoms with Crippen molar-refractivity contribution in [3.05, 3.63) is 41.8 Å². The molecule has 8 heteroatoms. The summed E-state index contributed by atoms with van der Waals surface area (Å²) in [5.74, 6) is -5.42. The lowest BCUT2D eigenvalue weighted by Gasteiger charge is -2.18. The van der Waals surface area contributed by atoms with E-state index in [1.54, 1.807) is 12.1 Å². The molecule has 0 aliphatic carbocycles. The number of carbonyl (C=O) groups is 1. The molecule has 1 fully saturated rings. The van der Waals surface area contributed by atoms with Gasteiger partial charge in [0, 0.05) is 31.2 Å². The molecule has 3 rings (SSSR count). The molecule has 1 saturated heterocycles. The number of halogens is 4. The zero-order chi connectivity index (χ0) is 17.5. The van der Waals surface area contributed by atoms with Crippen LogP contribution >= 0.6 is 0 Å². The molecule has 0 amide bonds. The summed E-state index contributed by atoms with van der Waals surface area (Å²) in [6.45, 7) is -0.642. The predicted molar refractivity (Wildman–Crippen MR) is 77.6 cm³/mol. The van der Waals surface area contributed by atoms with E-state index < -0.39 is 36.3 Å². The van der Waals surface area contributed by atoms with Crippen molar-refractivity contribution in [1.82, 2.24) is 9.88 Å². The predicted octanol–water partition coefficient (Wildman–Crippen LogP) is 3.07. The third-order valence-corrected chi connectivity index (χ3v) is 4.28. The Hall–Kier alpha value is -2.22. The van der Waals surface area contributed by atoms with Crippen LogP contribution in [0.25, 0.3) is 10.9 Å². The topological polar surface area (TPSA) is 53.4 Å². The highest BCUT2D eigenvalue weighted by atomic mass is 19.4. The van der Waals surface area contributed by atoms with Gasteiger partial charge in [-0.2, -0.15) is 13.2 Å². The quantitative estimate of drug-likeness (QED) is 0.871. The van der Waals surface area contributed by atoms with Crippen LogP contribution < -0.4 is 0 Å². The number of nitrogens with zero attached hydrogens (tertiary/aromatic N) is 2. The zero-order valence-corrected chi connectivity index (χ0v) is 12.4. The van der Waals surface area contributed by atoms with Gasteiger partial charge in [-0.3, -0.25) is 14.7 Å². The van der Waals surface area contributed by atoms with E-state index in [1.807, 2.05) is 0 Å². The van der Waals surface area contributed by atoms with Gasteiger partial charge in [0.15, 0.2) is 0 Å². The van der Waals surface area contributed by atoms with Crippen LogP contribution in [0.2, 0.25) is 0 Å². The van der Waals surface area contributed by atoms with Crippen molar-refractivity contribution >= 4 is 16.9 Å². The fourth-order valence-electron chi connectivity index (χ4n) is 3.19. The lowest BCUT2D eigenvalue weighted by atomic mass is 9.96. The molecule has 1 N–H and O–H groups in total. The first-order valence-electron chi connectivity index (χ1n) is 7.30. The Balaban J connectivity index is 1.89. The van der Waals surface area contributed by atoms with E-state index in [2.05, 4.69) is 4.98 Å². The molecule has 1 aromatic heterocycles. The number of aromatic nitrogens is 1. The van der Waals surface area contributed by atoms with Gasteiger partial charge in [-0.25, -0.2) is 4.39 Å². The minimum Gasteiger partial charge on any atom is -0.481 e. The monoisotopic (exact) mass is 342 g/mol. The number of fused-ring (bicyclic) bond motifs is 1. The second-order valence-corrected chi connectivity index (χ2v) is 5.93. The Kier molecular flexibility index (Phi) is 4.16. The molecule has 24 heavy (non-hydrogen) atoms. The average molecular weight is 342 g/mol. The van der Waals surface area contributed by atoms with E-state index in [0.29, 0.717) is 16.5 Å². The number of hydrogen-bond acceptors (Lipinski definition) is 3. The summed E-state index contributed by atoms with van der Waals surface area (Å²) in [7, 11) is 0. The Morgan fingerprint density at radius 2 is 2.08 bits per heavy atom. The molecule has 0 spiro atoms. The molecule has 2 aromatic rings. The van der Waals surface area contributed by atoms with Gasteiger partial charge < -0.3 is 5.11 Å². The molecule has 2 heterocycles. The number of carboxylic acids is 1. The molecule has 1 aliphatic heterocycles. The van der Waals surface area contributed by atoms with Crippen LogP contribution in [-0.4, -0.2) is 40.2 Å². The fourth-order valence-corrected chi connectivity index (χ4v) is 3.19. The Labute approximate surface area is 134 Å². The van der Waals surface area contributed by atoms with Crippen LogP contribution in [-0.2, 0) is 11.3 Å². The molecular formula is C16H14F4N2O2.